The third kappa shape index (κ3) is 7.59. The van der Waals surface area contributed by atoms with Gasteiger partial charge in [0.1, 0.15) is 39.9 Å². The van der Waals surface area contributed by atoms with Gasteiger partial charge in [0.25, 0.3) is 0 Å². The minimum absolute atomic E-state index is 0.0579. The molecule has 0 fully saturated rings. The summed E-state index contributed by atoms with van der Waals surface area (Å²) in [5.74, 6) is -0.967. The summed E-state index contributed by atoms with van der Waals surface area (Å²) in [6.07, 6.45) is -9.36. The number of alkyl halides is 6. The zero-order valence-corrected chi connectivity index (χ0v) is 25.1. The van der Waals surface area contributed by atoms with Crippen molar-refractivity contribution in [1.29, 1.82) is 0 Å². The van der Waals surface area contributed by atoms with E-state index >= 15 is 0 Å². The average Bonchev–Trinajstić information content (AvgIpc) is 3.06. The van der Waals surface area contributed by atoms with Crippen molar-refractivity contribution >= 4 is 11.4 Å². The number of nitrogen functional groups attached to an aromatic ring is 2. The summed E-state index contributed by atoms with van der Waals surface area (Å²) in [6, 6.07) is 28.4. The van der Waals surface area contributed by atoms with Crippen LogP contribution in [0.25, 0.3) is 33.6 Å². The maximum Gasteiger partial charge on any atom is 0.420 e. The van der Waals surface area contributed by atoms with E-state index in [1.165, 1.54) is 48.5 Å². The summed E-state index contributed by atoms with van der Waals surface area (Å²) >= 11 is 0. The third-order valence-corrected chi connectivity index (χ3v) is 7.38. The first-order chi connectivity index (χ1) is 23.2. The highest BCUT2D eigenvalue weighted by atomic mass is 19.4. The largest absolute Gasteiger partial charge is 0.457 e. The summed E-state index contributed by atoms with van der Waals surface area (Å²) in [5, 5.41) is 0. The molecule has 6 rings (SSSR count). The van der Waals surface area contributed by atoms with E-state index in [1.807, 2.05) is 0 Å². The van der Waals surface area contributed by atoms with E-state index < -0.39 is 40.8 Å². The van der Waals surface area contributed by atoms with E-state index in [1.54, 1.807) is 48.5 Å². The number of pyridine rings is 1. The fourth-order valence-corrected chi connectivity index (χ4v) is 4.99. The topological polar surface area (TPSA) is 83.4 Å². The summed E-state index contributed by atoms with van der Waals surface area (Å²) in [7, 11) is 0. The van der Waals surface area contributed by atoms with Crippen LogP contribution in [0.5, 0.6) is 23.0 Å². The number of aromatic nitrogens is 1. The molecule has 0 saturated carbocycles. The van der Waals surface area contributed by atoms with Crippen LogP contribution in [0, 0.1) is 5.82 Å². The van der Waals surface area contributed by atoms with Crippen molar-refractivity contribution in [3.8, 4) is 56.6 Å². The van der Waals surface area contributed by atoms with Gasteiger partial charge >= 0.3 is 12.4 Å². The number of benzene rings is 5. The second-order valence-electron chi connectivity index (χ2n) is 10.9. The molecular weight excluding hydrogens is 651 g/mol. The Morgan fingerprint density at radius 1 is 0.449 bits per heavy atom. The van der Waals surface area contributed by atoms with Crippen LogP contribution in [0.3, 0.4) is 0 Å². The van der Waals surface area contributed by atoms with Crippen molar-refractivity contribution in [2.24, 2.45) is 0 Å². The van der Waals surface area contributed by atoms with Gasteiger partial charge in [0.15, 0.2) is 0 Å². The van der Waals surface area contributed by atoms with Gasteiger partial charge in [-0.2, -0.15) is 26.3 Å². The Balaban J connectivity index is 1.33. The van der Waals surface area contributed by atoms with Gasteiger partial charge in [-0.3, -0.25) is 0 Å². The lowest BCUT2D eigenvalue weighted by Gasteiger charge is -2.15. The van der Waals surface area contributed by atoms with Crippen molar-refractivity contribution in [1.82, 2.24) is 4.98 Å². The number of ether oxygens (including phenoxy) is 2. The highest BCUT2D eigenvalue weighted by Gasteiger charge is 2.35. The zero-order chi connectivity index (χ0) is 34.9. The molecule has 0 aliphatic carbocycles. The van der Waals surface area contributed by atoms with E-state index in [4.69, 9.17) is 25.9 Å². The Kier molecular flexibility index (Phi) is 8.64. The molecule has 4 N–H and O–H groups in total. The van der Waals surface area contributed by atoms with Crippen molar-refractivity contribution in [3.05, 3.63) is 138 Å². The SMILES string of the molecule is Nc1ccc(Oc2ccc(-c3cc(-c4ccc(F)cc4)cc(-c4ccc(Oc5ccc(N)cc5C(F)(F)F)cc4)n3)cc2)c(C(F)(F)F)c1. The van der Waals surface area contributed by atoms with Gasteiger partial charge in [0, 0.05) is 22.5 Å². The molecular formula is C37H24F7N3O2. The van der Waals surface area contributed by atoms with E-state index in [9.17, 15) is 30.7 Å². The lowest BCUT2D eigenvalue weighted by atomic mass is 10.00. The Morgan fingerprint density at radius 3 is 1.22 bits per heavy atom. The molecule has 5 nitrogen and oxygen atoms in total. The summed E-state index contributed by atoms with van der Waals surface area (Å²) in [5.41, 5.74) is 12.4. The number of halogens is 7. The monoisotopic (exact) mass is 675 g/mol. The fourth-order valence-electron chi connectivity index (χ4n) is 4.99. The van der Waals surface area contributed by atoms with E-state index in [0.717, 1.165) is 24.3 Å². The maximum absolute atomic E-state index is 13.7. The quantitative estimate of drug-likeness (QED) is 0.130. The second-order valence-corrected chi connectivity index (χ2v) is 10.9. The molecule has 0 amide bonds. The fraction of sp³-hybridized carbons (Fsp3) is 0.0541. The number of rotatable bonds is 7. The highest BCUT2D eigenvalue weighted by Crippen LogP contribution is 2.41. The minimum Gasteiger partial charge on any atom is -0.457 e. The standard InChI is InChI=1S/C37H24F7N3O2/c38-25-7-1-21(2-8-25)24-17-32(22-3-11-28(12-4-22)48-34-15-9-26(45)19-30(34)36(39,40)41)47-33(18-24)23-5-13-29(14-6-23)49-35-16-10-27(46)20-31(35)37(42,43)44/h1-20H,45-46H2. The number of hydrogen-bond acceptors (Lipinski definition) is 5. The van der Waals surface area contributed by atoms with Crippen LogP contribution >= 0.6 is 0 Å². The lowest BCUT2D eigenvalue weighted by molar-refractivity contribution is -0.139. The third-order valence-electron chi connectivity index (χ3n) is 7.38. The van der Waals surface area contributed by atoms with Gasteiger partial charge in [-0.1, -0.05) is 12.1 Å². The first-order valence-corrected chi connectivity index (χ1v) is 14.5. The van der Waals surface area contributed by atoms with E-state index in [0.29, 0.717) is 33.6 Å². The van der Waals surface area contributed by atoms with Crippen LogP contribution < -0.4 is 20.9 Å². The molecule has 12 heteroatoms. The van der Waals surface area contributed by atoms with Crippen LogP contribution in [0.4, 0.5) is 42.1 Å². The predicted molar refractivity (Wildman–Crippen MR) is 172 cm³/mol. The van der Waals surface area contributed by atoms with E-state index in [2.05, 4.69) is 0 Å². The van der Waals surface area contributed by atoms with Gasteiger partial charge in [-0.15, -0.1) is 0 Å². The van der Waals surface area contributed by atoms with Crippen molar-refractivity contribution < 1.29 is 40.2 Å². The van der Waals surface area contributed by atoms with Gasteiger partial charge < -0.3 is 20.9 Å². The highest BCUT2D eigenvalue weighted by molar-refractivity contribution is 5.77. The molecule has 6 aromatic rings. The molecule has 1 heterocycles. The van der Waals surface area contributed by atoms with Gasteiger partial charge in [0.05, 0.1) is 11.4 Å². The first-order valence-electron chi connectivity index (χ1n) is 14.5. The number of hydrogen-bond donors (Lipinski definition) is 2. The smallest absolute Gasteiger partial charge is 0.420 e. The Labute approximate surface area is 275 Å². The van der Waals surface area contributed by atoms with Crippen LogP contribution in [-0.4, -0.2) is 4.98 Å². The van der Waals surface area contributed by atoms with Gasteiger partial charge in [-0.25, -0.2) is 9.37 Å². The summed E-state index contributed by atoms with van der Waals surface area (Å²) in [4.78, 5) is 4.78. The number of nitrogens with zero attached hydrogens (tertiary/aromatic N) is 1. The summed E-state index contributed by atoms with van der Waals surface area (Å²) in [6.45, 7) is 0. The molecule has 0 unspecified atom stereocenters. The summed E-state index contributed by atoms with van der Waals surface area (Å²) < 4.78 is 106. The van der Waals surface area contributed by atoms with Crippen LogP contribution in [-0.2, 0) is 12.4 Å². The second kappa shape index (κ2) is 12.9. The Morgan fingerprint density at radius 2 is 0.837 bits per heavy atom. The van der Waals surface area contributed by atoms with Crippen LogP contribution in [0.1, 0.15) is 11.1 Å². The molecule has 5 aromatic carbocycles. The first kappa shape index (κ1) is 32.9. The molecule has 0 radical (unpaired) electrons. The Bertz CT molecular complexity index is 1990. The van der Waals surface area contributed by atoms with Crippen LogP contribution in [0.15, 0.2) is 121 Å². The molecule has 1 aromatic heterocycles. The van der Waals surface area contributed by atoms with Gasteiger partial charge in [-0.05, 0) is 120 Å². The molecule has 0 aliphatic rings. The van der Waals surface area contributed by atoms with Crippen molar-refractivity contribution in [2.45, 2.75) is 12.4 Å². The molecule has 0 atom stereocenters. The number of nitrogens with two attached hydrogens (primary N) is 2. The maximum atomic E-state index is 13.7. The average molecular weight is 676 g/mol. The van der Waals surface area contributed by atoms with Gasteiger partial charge in [0.2, 0.25) is 0 Å². The molecule has 0 saturated heterocycles. The molecule has 49 heavy (non-hydrogen) atoms. The minimum atomic E-state index is -4.68. The van der Waals surface area contributed by atoms with Crippen molar-refractivity contribution in [3.63, 3.8) is 0 Å². The van der Waals surface area contributed by atoms with Crippen molar-refractivity contribution in [2.75, 3.05) is 11.5 Å². The Hall–Kier alpha value is -6.04. The predicted octanol–water partition coefficient (Wildman–Crippen LogP) is 11.0. The van der Waals surface area contributed by atoms with E-state index in [-0.39, 0.29) is 22.9 Å². The lowest BCUT2D eigenvalue weighted by Crippen LogP contribution is -2.08. The molecule has 248 valence electrons. The molecule has 0 aliphatic heterocycles. The van der Waals surface area contributed by atoms with Crippen LogP contribution in [0.2, 0.25) is 0 Å². The molecule has 0 spiro atoms. The normalized spacial score (nSPS) is 11.7. The molecule has 0 bridgehead atoms. The zero-order valence-electron chi connectivity index (χ0n) is 25.1. The number of anilines is 2.